The normalized spacial score (nSPS) is 10.3. The van der Waals surface area contributed by atoms with E-state index in [1.807, 2.05) is 31.2 Å². The first-order valence-electron chi connectivity index (χ1n) is 4.69. The van der Waals surface area contributed by atoms with E-state index in [1.165, 1.54) is 12.1 Å². The Labute approximate surface area is 93.3 Å². The molecule has 0 aliphatic rings. The maximum absolute atomic E-state index is 13.1. The number of hydrogen-bond acceptors (Lipinski definition) is 0. The SMILES string of the molecule is Cc1ccc(Cl)cc1-c1cccc(F)c1. The van der Waals surface area contributed by atoms with Gasteiger partial charge < -0.3 is 0 Å². The summed E-state index contributed by atoms with van der Waals surface area (Å²) >= 11 is 5.91. The van der Waals surface area contributed by atoms with Gasteiger partial charge in [-0.05, 0) is 47.9 Å². The summed E-state index contributed by atoms with van der Waals surface area (Å²) in [5, 5.41) is 0.667. The average Bonchev–Trinajstić information content (AvgIpc) is 2.22. The molecule has 0 unspecified atom stereocenters. The summed E-state index contributed by atoms with van der Waals surface area (Å²) in [5.41, 5.74) is 2.92. The molecule has 2 aromatic rings. The molecule has 0 saturated carbocycles. The highest BCUT2D eigenvalue weighted by Crippen LogP contribution is 2.26. The minimum absolute atomic E-state index is 0.230. The van der Waals surface area contributed by atoms with Gasteiger partial charge >= 0.3 is 0 Å². The second-order valence-electron chi connectivity index (χ2n) is 3.47. The average molecular weight is 221 g/mol. The molecule has 0 aliphatic carbocycles. The Hall–Kier alpha value is -1.34. The first-order valence-corrected chi connectivity index (χ1v) is 5.07. The van der Waals surface area contributed by atoms with Crippen molar-refractivity contribution < 1.29 is 4.39 Å². The molecule has 0 aromatic heterocycles. The van der Waals surface area contributed by atoms with Gasteiger partial charge in [0.15, 0.2) is 0 Å². The molecular formula is C13H10ClF. The summed E-state index contributed by atoms with van der Waals surface area (Å²) in [6, 6.07) is 12.1. The van der Waals surface area contributed by atoms with E-state index in [-0.39, 0.29) is 5.82 Å². The molecule has 0 N–H and O–H groups in total. The maximum atomic E-state index is 13.1. The van der Waals surface area contributed by atoms with Gasteiger partial charge in [0.1, 0.15) is 5.82 Å². The van der Waals surface area contributed by atoms with Crippen LogP contribution in [0.4, 0.5) is 4.39 Å². The zero-order valence-electron chi connectivity index (χ0n) is 8.30. The largest absolute Gasteiger partial charge is 0.207 e. The third-order valence-corrected chi connectivity index (χ3v) is 2.57. The summed E-state index contributed by atoms with van der Waals surface area (Å²) < 4.78 is 13.1. The van der Waals surface area contributed by atoms with E-state index in [2.05, 4.69) is 0 Å². The fourth-order valence-electron chi connectivity index (χ4n) is 1.56. The van der Waals surface area contributed by atoms with Crippen molar-refractivity contribution in [1.82, 2.24) is 0 Å². The zero-order valence-corrected chi connectivity index (χ0v) is 9.05. The quantitative estimate of drug-likeness (QED) is 0.666. The standard InChI is InChI=1S/C13H10ClF/c1-9-5-6-11(14)8-13(9)10-3-2-4-12(15)7-10/h2-8H,1H3. The molecule has 0 heterocycles. The van der Waals surface area contributed by atoms with Gasteiger partial charge in [-0.2, -0.15) is 0 Å². The molecule has 15 heavy (non-hydrogen) atoms. The van der Waals surface area contributed by atoms with Crippen molar-refractivity contribution in [2.24, 2.45) is 0 Å². The van der Waals surface area contributed by atoms with Crippen molar-refractivity contribution in [3.8, 4) is 11.1 Å². The highest BCUT2D eigenvalue weighted by atomic mass is 35.5. The summed E-state index contributed by atoms with van der Waals surface area (Å²) in [6.45, 7) is 1.98. The van der Waals surface area contributed by atoms with Crippen LogP contribution in [0.15, 0.2) is 42.5 Å². The van der Waals surface area contributed by atoms with Crippen LogP contribution >= 0.6 is 11.6 Å². The van der Waals surface area contributed by atoms with Crippen LogP contribution in [0.1, 0.15) is 5.56 Å². The van der Waals surface area contributed by atoms with E-state index >= 15 is 0 Å². The lowest BCUT2D eigenvalue weighted by atomic mass is 10.0. The number of halogens is 2. The van der Waals surface area contributed by atoms with Crippen LogP contribution in [0.5, 0.6) is 0 Å². The van der Waals surface area contributed by atoms with Gasteiger partial charge in [0.05, 0.1) is 0 Å². The van der Waals surface area contributed by atoms with Gasteiger partial charge in [-0.15, -0.1) is 0 Å². The van der Waals surface area contributed by atoms with Crippen LogP contribution in [0, 0.1) is 12.7 Å². The molecule has 0 aliphatic heterocycles. The third-order valence-electron chi connectivity index (χ3n) is 2.34. The molecule has 76 valence electrons. The molecule has 0 amide bonds. The molecule has 0 atom stereocenters. The molecule has 2 aromatic carbocycles. The Balaban J connectivity index is 2.58. The smallest absolute Gasteiger partial charge is 0.123 e. The van der Waals surface area contributed by atoms with Gasteiger partial charge in [-0.25, -0.2) is 4.39 Å². The van der Waals surface area contributed by atoms with Gasteiger partial charge in [0.2, 0.25) is 0 Å². The van der Waals surface area contributed by atoms with Crippen molar-refractivity contribution >= 4 is 11.6 Å². The Kier molecular flexibility index (Phi) is 2.74. The highest BCUT2D eigenvalue weighted by molar-refractivity contribution is 6.30. The van der Waals surface area contributed by atoms with Gasteiger partial charge in [0, 0.05) is 5.02 Å². The lowest BCUT2D eigenvalue weighted by Gasteiger charge is -2.06. The summed E-state index contributed by atoms with van der Waals surface area (Å²) in [6.07, 6.45) is 0. The predicted octanol–water partition coefficient (Wildman–Crippen LogP) is 4.45. The fourth-order valence-corrected chi connectivity index (χ4v) is 1.73. The molecule has 0 fully saturated rings. The van der Waals surface area contributed by atoms with Crippen LogP contribution < -0.4 is 0 Å². The fraction of sp³-hybridized carbons (Fsp3) is 0.0769. The van der Waals surface area contributed by atoms with E-state index in [4.69, 9.17) is 11.6 Å². The lowest BCUT2D eigenvalue weighted by Crippen LogP contribution is -1.84. The van der Waals surface area contributed by atoms with Gasteiger partial charge in [-0.1, -0.05) is 29.8 Å². The molecule has 2 rings (SSSR count). The highest BCUT2D eigenvalue weighted by Gasteiger charge is 2.03. The predicted molar refractivity (Wildman–Crippen MR) is 61.6 cm³/mol. The first kappa shape index (κ1) is 10.2. The van der Waals surface area contributed by atoms with E-state index < -0.39 is 0 Å². The monoisotopic (exact) mass is 220 g/mol. The van der Waals surface area contributed by atoms with E-state index in [9.17, 15) is 4.39 Å². The van der Waals surface area contributed by atoms with Crippen LogP contribution in [-0.4, -0.2) is 0 Å². The van der Waals surface area contributed by atoms with Gasteiger partial charge in [0.25, 0.3) is 0 Å². The molecule has 2 heteroatoms. The summed E-state index contributed by atoms with van der Waals surface area (Å²) in [4.78, 5) is 0. The van der Waals surface area contributed by atoms with Crippen LogP contribution in [-0.2, 0) is 0 Å². The van der Waals surface area contributed by atoms with Crippen LogP contribution in [0.25, 0.3) is 11.1 Å². The van der Waals surface area contributed by atoms with Crippen molar-refractivity contribution in [1.29, 1.82) is 0 Å². The number of benzene rings is 2. The molecule has 0 nitrogen and oxygen atoms in total. The molecule has 0 spiro atoms. The van der Waals surface area contributed by atoms with Crippen molar-refractivity contribution in [2.45, 2.75) is 6.92 Å². The minimum Gasteiger partial charge on any atom is -0.207 e. The Morgan fingerprint density at radius 2 is 1.87 bits per heavy atom. The number of hydrogen-bond donors (Lipinski definition) is 0. The van der Waals surface area contributed by atoms with Crippen molar-refractivity contribution in [3.63, 3.8) is 0 Å². The van der Waals surface area contributed by atoms with Crippen LogP contribution in [0.2, 0.25) is 5.02 Å². The first-order chi connectivity index (χ1) is 7.16. The van der Waals surface area contributed by atoms with Crippen LogP contribution in [0.3, 0.4) is 0 Å². The number of rotatable bonds is 1. The maximum Gasteiger partial charge on any atom is 0.123 e. The number of aryl methyl sites for hydroxylation is 1. The van der Waals surface area contributed by atoms with E-state index in [0.717, 1.165) is 16.7 Å². The molecular weight excluding hydrogens is 211 g/mol. The summed E-state index contributed by atoms with van der Waals surface area (Å²) in [7, 11) is 0. The molecule has 0 bridgehead atoms. The third kappa shape index (κ3) is 2.18. The minimum atomic E-state index is -0.230. The van der Waals surface area contributed by atoms with Gasteiger partial charge in [-0.3, -0.25) is 0 Å². The second-order valence-corrected chi connectivity index (χ2v) is 3.91. The lowest BCUT2D eigenvalue weighted by molar-refractivity contribution is 0.628. The molecule has 0 saturated heterocycles. The second kappa shape index (κ2) is 4.03. The van der Waals surface area contributed by atoms with E-state index in [1.54, 1.807) is 6.07 Å². The summed E-state index contributed by atoms with van der Waals surface area (Å²) in [5.74, 6) is -0.230. The Morgan fingerprint density at radius 1 is 1.07 bits per heavy atom. The van der Waals surface area contributed by atoms with E-state index in [0.29, 0.717) is 5.02 Å². The Morgan fingerprint density at radius 3 is 2.60 bits per heavy atom. The topological polar surface area (TPSA) is 0 Å². The Bertz CT molecular complexity index is 492. The zero-order chi connectivity index (χ0) is 10.8. The molecule has 0 radical (unpaired) electrons. The van der Waals surface area contributed by atoms with Crippen molar-refractivity contribution in [3.05, 3.63) is 58.9 Å². The van der Waals surface area contributed by atoms with Crippen molar-refractivity contribution in [2.75, 3.05) is 0 Å².